The number of carbonyl (C=O) groups is 1. The quantitative estimate of drug-likeness (QED) is 0.850. The summed E-state index contributed by atoms with van der Waals surface area (Å²) >= 11 is 0. The Hall–Kier alpha value is -2.24. The molecule has 0 saturated heterocycles. The Balaban J connectivity index is 2.10. The van der Waals surface area contributed by atoms with E-state index in [1.54, 1.807) is 16.8 Å². The van der Waals surface area contributed by atoms with Crippen molar-refractivity contribution in [2.24, 2.45) is 5.92 Å². The van der Waals surface area contributed by atoms with Crippen LogP contribution < -0.4 is 0 Å². The molecule has 0 aliphatic rings. The van der Waals surface area contributed by atoms with Crippen molar-refractivity contribution in [3.63, 3.8) is 0 Å². The number of hydrogen-bond acceptors (Lipinski definition) is 3. The molecule has 0 aliphatic carbocycles. The van der Waals surface area contributed by atoms with Gasteiger partial charge in [-0.2, -0.15) is 5.10 Å². The Morgan fingerprint density at radius 1 is 1.33 bits per heavy atom. The summed E-state index contributed by atoms with van der Waals surface area (Å²) in [6, 6.07) is 5.91. The van der Waals surface area contributed by atoms with Gasteiger partial charge in [-0.25, -0.2) is 9.37 Å². The minimum Gasteiger partial charge on any atom is -0.481 e. The molecule has 2 aromatic rings. The Bertz CT molecular complexity index is 595. The second-order valence-electron chi connectivity index (χ2n) is 4.97. The second kappa shape index (κ2) is 6.97. The van der Waals surface area contributed by atoms with E-state index < -0.39 is 11.9 Å². The molecule has 0 aliphatic heterocycles. The number of carboxylic acids is 1. The van der Waals surface area contributed by atoms with Crippen LogP contribution >= 0.6 is 0 Å². The van der Waals surface area contributed by atoms with E-state index in [0.29, 0.717) is 18.7 Å². The Morgan fingerprint density at radius 3 is 2.67 bits per heavy atom. The molecule has 1 heterocycles. The van der Waals surface area contributed by atoms with Crippen LogP contribution in [0, 0.1) is 11.7 Å². The van der Waals surface area contributed by atoms with Crippen LogP contribution in [0.3, 0.4) is 0 Å². The highest BCUT2D eigenvalue weighted by molar-refractivity contribution is 5.70. The van der Waals surface area contributed by atoms with Crippen LogP contribution in [-0.4, -0.2) is 25.8 Å². The van der Waals surface area contributed by atoms with Crippen LogP contribution in [-0.2, 0) is 24.2 Å². The fraction of sp³-hybridized carbons (Fsp3) is 0.400. The van der Waals surface area contributed by atoms with Gasteiger partial charge in [0.25, 0.3) is 0 Å². The zero-order valence-electron chi connectivity index (χ0n) is 11.9. The summed E-state index contributed by atoms with van der Waals surface area (Å²) in [6.45, 7) is 2.75. The number of aliphatic carboxylic acids is 1. The first-order valence-corrected chi connectivity index (χ1v) is 6.94. The van der Waals surface area contributed by atoms with Crippen LogP contribution in [0.5, 0.6) is 0 Å². The van der Waals surface area contributed by atoms with E-state index in [1.807, 2.05) is 6.92 Å². The minimum atomic E-state index is -0.884. The van der Waals surface area contributed by atoms with E-state index in [-0.39, 0.29) is 5.82 Å². The molecular formula is C15H18FN3O2. The van der Waals surface area contributed by atoms with Gasteiger partial charge in [0.05, 0.1) is 5.92 Å². The maximum absolute atomic E-state index is 12.9. The highest BCUT2D eigenvalue weighted by atomic mass is 19.1. The summed E-state index contributed by atoms with van der Waals surface area (Å²) in [5.41, 5.74) is 0.797. The molecule has 0 spiro atoms. The normalized spacial score (nSPS) is 12.3. The van der Waals surface area contributed by atoms with E-state index in [1.165, 1.54) is 18.5 Å². The first-order valence-electron chi connectivity index (χ1n) is 6.94. The van der Waals surface area contributed by atoms with E-state index in [9.17, 15) is 14.3 Å². The van der Waals surface area contributed by atoms with Crippen molar-refractivity contribution < 1.29 is 14.3 Å². The molecule has 1 aromatic heterocycles. The van der Waals surface area contributed by atoms with Gasteiger partial charge < -0.3 is 5.11 Å². The van der Waals surface area contributed by atoms with Gasteiger partial charge in [0.2, 0.25) is 0 Å². The molecule has 21 heavy (non-hydrogen) atoms. The highest BCUT2D eigenvalue weighted by Gasteiger charge is 2.21. The van der Waals surface area contributed by atoms with Crippen molar-refractivity contribution in [3.8, 4) is 0 Å². The van der Waals surface area contributed by atoms with Gasteiger partial charge in [0, 0.05) is 13.0 Å². The third kappa shape index (κ3) is 4.11. The molecule has 0 bridgehead atoms. The molecule has 6 heteroatoms. The summed E-state index contributed by atoms with van der Waals surface area (Å²) < 4.78 is 14.6. The van der Waals surface area contributed by atoms with E-state index in [2.05, 4.69) is 10.1 Å². The summed E-state index contributed by atoms with van der Waals surface area (Å²) in [6.07, 6.45) is 3.01. The van der Waals surface area contributed by atoms with E-state index >= 15 is 0 Å². The van der Waals surface area contributed by atoms with Gasteiger partial charge in [0.15, 0.2) is 0 Å². The molecule has 2 rings (SSSR count). The van der Waals surface area contributed by atoms with Crippen molar-refractivity contribution in [2.75, 3.05) is 0 Å². The fourth-order valence-corrected chi connectivity index (χ4v) is 2.22. The number of nitrogens with zero attached hydrogens (tertiary/aromatic N) is 3. The number of aromatic nitrogens is 3. The van der Waals surface area contributed by atoms with Crippen LogP contribution in [0.1, 0.15) is 24.7 Å². The van der Waals surface area contributed by atoms with Gasteiger partial charge in [-0.3, -0.25) is 9.48 Å². The molecule has 0 fully saturated rings. The largest absolute Gasteiger partial charge is 0.481 e. The lowest BCUT2D eigenvalue weighted by Gasteiger charge is -2.12. The smallest absolute Gasteiger partial charge is 0.307 e. The lowest BCUT2D eigenvalue weighted by molar-refractivity contribution is -0.141. The molecule has 1 N–H and O–H groups in total. The van der Waals surface area contributed by atoms with E-state index in [4.69, 9.17) is 0 Å². The number of aryl methyl sites for hydroxylation is 1. The Kier molecular flexibility index (Phi) is 5.03. The molecule has 1 atom stereocenters. The topological polar surface area (TPSA) is 68.0 Å². The lowest BCUT2D eigenvalue weighted by atomic mass is 9.96. The van der Waals surface area contributed by atoms with Crippen molar-refractivity contribution in [2.45, 2.75) is 32.7 Å². The fourth-order valence-electron chi connectivity index (χ4n) is 2.22. The highest BCUT2D eigenvalue weighted by Crippen LogP contribution is 2.15. The predicted octanol–water partition coefficient (Wildman–Crippen LogP) is 2.31. The molecule has 0 saturated carbocycles. The average molecular weight is 291 g/mol. The monoisotopic (exact) mass is 291 g/mol. The maximum atomic E-state index is 12.9. The van der Waals surface area contributed by atoms with Crippen LogP contribution in [0.15, 0.2) is 30.6 Å². The first kappa shape index (κ1) is 15.2. The zero-order chi connectivity index (χ0) is 15.2. The minimum absolute atomic E-state index is 0.312. The number of rotatable bonds is 7. The summed E-state index contributed by atoms with van der Waals surface area (Å²) in [4.78, 5) is 15.6. The Labute approximate surface area is 122 Å². The Morgan fingerprint density at radius 2 is 2.05 bits per heavy atom. The summed E-state index contributed by atoms with van der Waals surface area (Å²) in [5, 5.41) is 13.5. The van der Waals surface area contributed by atoms with Gasteiger partial charge in [0.1, 0.15) is 18.0 Å². The molecule has 1 unspecified atom stereocenters. The predicted molar refractivity (Wildman–Crippen MR) is 75.2 cm³/mol. The maximum Gasteiger partial charge on any atom is 0.307 e. The average Bonchev–Trinajstić information content (AvgIpc) is 2.88. The number of carboxylic acid groups (broad SMARTS) is 1. The molecule has 0 amide bonds. The van der Waals surface area contributed by atoms with Crippen molar-refractivity contribution in [3.05, 3.63) is 47.8 Å². The SMILES string of the molecule is CCCn1ncnc1CC(Cc1ccc(F)cc1)C(=O)O. The first-order chi connectivity index (χ1) is 10.1. The van der Waals surface area contributed by atoms with Crippen molar-refractivity contribution in [1.29, 1.82) is 0 Å². The molecule has 5 nitrogen and oxygen atoms in total. The molecule has 0 radical (unpaired) electrons. The van der Waals surface area contributed by atoms with E-state index in [0.717, 1.165) is 18.5 Å². The van der Waals surface area contributed by atoms with Gasteiger partial charge in [-0.1, -0.05) is 19.1 Å². The van der Waals surface area contributed by atoms with Crippen LogP contribution in [0.25, 0.3) is 0 Å². The van der Waals surface area contributed by atoms with Crippen LogP contribution in [0.2, 0.25) is 0 Å². The zero-order valence-corrected chi connectivity index (χ0v) is 11.9. The molecule has 112 valence electrons. The second-order valence-corrected chi connectivity index (χ2v) is 4.97. The lowest BCUT2D eigenvalue weighted by Crippen LogP contribution is -2.21. The third-order valence-corrected chi connectivity index (χ3v) is 3.30. The standard InChI is InChI=1S/C15H18FN3O2/c1-2-7-19-14(17-10-18-19)9-12(15(20)21)8-11-3-5-13(16)6-4-11/h3-6,10,12H,2,7-9H2,1H3,(H,20,21). The summed E-state index contributed by atoms with van der Waals surface area (Å²) in [7, 11) is 0. The van der Waals surface area contributed by atoms with Crippen LogP contribution in [0.4, 0.5) is 4.39 Å². The van der Waals surface area contributed by atoms with Crippen molar-refractivity contribution >= 4 is 5.97 Å². The number of hydrogen-bond donors (Lipinski definition) is 1. The molecule has 1 aromatic carbocycles. The summed E-state index contributed by atoms with van der Waals surface area (Å²) in [5.74, 6) is -1.14. The van der Waals surface area contributed by atoms with Gasteiger partial charge in [-0.15, -0.1) is 0 Å². The van der Waals surface area contributed by atoms with Crippen molar-refractivity contribution in [1.82, 2.24) is 14.8 Å². The number of benzene rings is 1. The molecular weight excluding hydrogens is 273 g/mol. The number of halogens is 1. The van der Waals surface area contributed by atoms with Gasteiger partial charge >= 0.3 is 5.97 Å². The third-order valence-electron chi connectivity index (χ3n) is 3.30. The van der Waals surface area contributed by atoms with Gasteiger partial charge in [-0.05, 0) is 30.5 Å².